The van der Waals surface area contributed by atoms with Gasteiger partial charge in [0.1, 0.15) is 10.6 Å². The number of aryl methyl sites for hydroxylation is 2. The van der Waals surface area contributed by atoms with E-state index in [1.165, 1.54) is 0 Å². The van der Waals surface area contributed by atoms with E-state index in [9.17, 15) is 0 Å². The first-order valence-corrected chi connectivity index (χ1v) is 8.74. The van der Waals surface area contributed by atoms with Crippen molar-refractivity contribution in [3.05, 3.63) is 44.9 Å². The number of nitrogens with two attached hydrogens (primary N) is 1. The third kappa shape index (κ3) is 3.17. The van der Waals surface area contributed by atoms with Gasteiger partial charge in [0.2, 0.25) is 0 Å². The molecule has 0 saturated heterocycles. The summed E-state index contributed by atoms with van der Waals surface area (Å²) in [5.41, 5.74) is 10.2. The van der Waals surface area contributed by atoms with Crippen molar-refractivity contribution < 1.29 is 4.74 Å². The van der Waals surface area contributed by atoms with E-state index in [-0.39, 0.29) is 0 Å². The van der Waals surface area contributed by atoms with Crippen LogP contribution in [0.1, 0.15) is 21.7 Å². The van der Waals surface area contributed by atoms with Crippen LogP contribution < -0.4 is 15.8 Å². The summed E-state index contributed by atoms with van der Waals surface area (Å²) >= 11 is 7.73. The molecule has 0 fully saturated rings. The van der Waals surface area contributed by atoms with Gasteiger partial charge >= 0.3 is 0 Å². The number of ether oxygens (including phenoxy) is 1. The van der Waals surface area contributed by atoms with Crippen molar-refractivity contribution in [2.24, 2.45) is 0 Å². The number of hydrogen-bond donors (Lipinski definition) is 2. The van der Waals surface area contributed by atoms with Crippen LogP contribution in [0.2, 0.25) is 5.02 Å². The van der Waals surface area contributed by atoms with Gasteiger partial charge in [-0.15, -0.1) is 16.4 Å². The van der Waals surface area contributed by atoms with Crippen LogP contribution in [0.5, 0.6) is 5.75 Å². The Morgan fingerprint density at radius 2 is 2.04 bits per heavy atom. The van der Waals surface area contributed by atoms with Gasteiger partial charge in [-0.25, -0.2) is 0 Å². The first-order chi connectivity index (χ1) is 11.5. The zero-order chi connectivity index (χ0) is 17.3. The third-order valence-electron chi connectivity index (χ3n) is 4.04. The molecule has 0 aliphatic rings. The molecule has 3 rings (SSSR count). The highest BCUT2D eigenvalue weighted by Crippen LogP contribution is 2.34. The average Bonchev–Trinajstić information content (AvgIpc) is 2.88. The van der Waals surface area contributed by atoms with Crippen molar-refractivity contribution in [1.29, 1.82) is 0 Å². The van der Waals surface area contributed by atoms with E-state index in [0.717, 1.165) is 37.6 Å². The summed E-state index contributed by atoms with van der Waals surface area (Å²) in [5.74, 6) is 0.679. The largest absolute Gasteiger partial charge is 0.495 e. The van der Waals surface area contributed by atoms with Gasteiger partial charge in [0, 0.05) is 23.4 Å². The lowest BCUT2D eigenvalue weighted by molar-refractivity contribution is 0.415. The number of rotatable bonds is 5. The molecule has 0 radical (unpaired) electrons. The number of benzene rings is 1. The van der Waals surface area contributed by atoms with Gasteiger partial charge < -0.3 is 15.8 Å². The number of aromatic nitrogens is 2. The summed E-state index contributed by atoms with van der Waals surface area (Å²) in [6.45, 7) is 5.35. The van der Waals surface area contributed by atoms with Crippen LogP contribution in [0.25, 0.3) is 10.2 Å². The summed E-state index contributed by atoms with van der Waals surface area (Å²) < 4.78 is 5.16. The quantitative estimate of drug-likeness (QED) is 0.721. The predicted molar refractivity (Wildman–Crippen MR) is 99.8 cm³/mol. The summed E-state index contributed by atoms with van der Waals surface area (Å²) in [7, 11) is 1.61. The van der Waals surface area contributed by atoms with Gasteiger partial charge in [-0.1, -0.05) is 17.7 Å². The summed E-state index contributed by atoms with van der Waals surface area (Å²) in [6, 6.07) is 5.76. The van der Waals surface area contributed by atoms with Crippen LogP contribution in [0.4, 0.5) is 5.69 Å². The minimum Gasteiger partial charge on any atom is -0.495 e. The maximum absolute atomic E-state index is 6.32. The number of nitrogens with zero attached hydrogens (tertiary/aromatic N) is 2. The molecule has 1 aromatic carbocycles. The maximum Gasteiger partial charge on any atom is 0.148 e. The first-order valence-electron chi connectivity index (χ1n) is 7.55. The van der Waals surface area contributed by atoms with Crippen molar-refractivity contribution in [3.8, 4) is 5.75 Å². The molecule has 0 saturated carbocycles. The van der Waals surface area contributed by atoms with Gasteiger partial charge in [0.05, 0.1) is 23.5 Å². The average molecular weight is 363 g/mol. The molecule has 126 valence electrons. The fraction of sp³-hybridized carbons (Fsp3) is 0.294. The van der Waals surface area contributed by atoms with E-state index in [2.05, 4.69) is 15.5 Å². The molecule has 0 unspecified atom stereocenters. The van der Waals surface area contributed by atoms with Crippen LogP contribution in [-0.4, -0.2) is 17.3 Å². The van der Waals surface area contributed by atoms with Crippen LogP contribution in [-0.2, 0) is 13.1 Å². The fourth-order valence-corrected chi connectivity index (χ4v) is 3.90. The number of nitrogens with one attached hydrogen (secondary N) is 1. The fourth-order valence-electron chi connectivity index (χ4n) is 2.56. The lowest BCUT2D eigenvalue weighted by Crippen LogP contribution is -2.12. The Hall–Kier alpha value is -1.89. The van der Waals surface area contributed by atoms with E-state index in [0.29, 0.717) is 23.9 Å². The molecule has 0 aliphatic heterocycles. The molecule has 0 amide bonds. The molecule has 7 heteroatoms. The minimum atomic E-state index is 0.611. The second kappa shape index (κ2) is 6.93. The van der Waals surface area contributed by atoms with Gasteiger partial charge in [-0.3, -0.25) is 0 Å². The minimum absolute atomic E-state index is 0.611. The van der Waals surface area contributed by atoms with Crippen molar-refractivity contribution in [1.82, 2.24) is 15.5 Å². The molecule has 2 aromatic heterocycles. The highest BCUT2D eigenvalue weighted by molar-refractivity contribution is 7.19. The van der Waals surface area contributed by atoms with Crippen LogP contribution in [0.3, 0.4) is 0 Å². The predicted octanol–water partition coefficient (Wildman–Crippen LogP) is 3.84. The number of thiophene rings is 1. The Balaban J connectivity index is 1.73. The maximum atomic E-state index is 6.32. The Labute approximate surface area is 149 Å². The summed E-state index contributed by atoms with van der Waals surface area (Å²) in [4.78, 5) is 1.97. The molecule has 0 spiro atoms. The summed E-state index contributed by atoms with van der Waals surface area (Å²) in [5, 5.41) is 13.5. The highest BCUT2D eigenvalue weighted by atomic mass is 35.5. The third-order valence-corrected chi connectivity index (χ3v) is 5.43. The van der Waals surface area contributed by atoms with Gasteiger partial charge in [0.15, 0.2) is 0 Å². The second-order valence-corrected chi connectivity index (χ2v) is 7.09. The van der Waals surface area contributed by atoms with E-state index >= 15 is 0 Å². The lowest BCUT2D eigenvalue weighted by atomic mass is 10.1. The number of fused-ring (bicyclic) bond motifs is 1. The monoisotopic (exact) mass is 362 g/mol. The molecule has 24 heavy (non-hydrogen) atoms. The summed E-state index contributed by atoms with van der Waals surface area (Å²) in [6.07, 6.45) is 0. The van der Waals surface area contributed by atoms with E-state index in [4.69, 9.17) is 22.1 Å². The number of anilines is 1. The highest BCUT2D eigenvalue weighted by Gasteiger charge is 2.14. The molecule has 0 atom stereocenters. The Kier molecular flexibility index (Phi) is 4.89. The van der Waals surface area contributed by atoms with E-state index < -0.39 is 0 Å². The van der Waals surface area contributed by atoms with Crippen molar-refractivity contribution in [2.75, 3.05) is 12.8 Å². The zero-order valence-electron chi connectivity index (χ0n) is 13.8. The van der Waals surface area contributed by atoms with Crippen molar-refractivity contribution >= 4 is 38.8 Å². The molecule has 3 aromatic rings. The molecular formula is C17H19ClN4OS. The molecule has 2 heterocycles. The van der Waals surface area contributed by atoms with Crippen LogP contribution in [0.15, 0.2) is 18.2 Å². The van der Waals surface area contributed by atoms with Crippen molar-refractivity contribution in [2.45, 2.75) is 26.9 Å². The molecule has 3 N–H and O–H groups in total. The lowest BCUT2D eigenvalue weighted by Gasteiger charge is -2.07. The van der Waals surface area contributed by atoms with Crippen molar-refractivity contribution in [3.63, 3.8) is 0 Å². The van der Waals surface area contributed by atoms with Gasteiger partial charge in [0.25, 0.3) is 0 Å². The Morgan fingerprint density at radius 1 is 1.25 bits per heavy atom. The normalized spacial score (nSPS) is 11.2. The molecule has 0 aliphatic carbocycles. The molecular weight excluding hydrogens is 344 g/mol. The van der Waals surface area contributed by atoms with Crippen LogP contribution in [0, 0.1) is 13.8 Å². The number of nitrogen functional groups attached to an aromatic ring is 1. The van der Waals surface area contributed by atoms with Gasteiger partial charge in [-0.05, 0) is 37.1 Å². The second-order valence-electron chi connectivity index (χ2n) is 5.60. The SMILES string of the molecule is COc1ccc(CNCc2sc3nnc(C)c(C)c3c2N)cc1Cl. The molecule has 0 bridgehead atoms. The smallest absolute Gasteiger partial charge is 0.148 e. The zero-order valence-corrected chi connectivity index (χ0v) is 15.4. The number of halogens is 1. The standard InChI is InChI=1S/C17H19ClN4OS/c1-9-10(2)21-22-17-15(9)16(19)14(24-17)8-20-7-11-4-5-13(23-3)12(18)6-11/h4-6,20H,7-8,19H2,1-3H3. The Bertz CT molecular complexity index is 894. The molecule has 5 nitrogen and oxygen atoms in total. The first kappa shape index (κ1) is 17.0. The van der Waals surface area contributed by atoms with Crippen LogP contribution >= 0.6 is 22.9 Å². The number of hydrogen-bond acceptors (Lipinski definition) is 6. The van der Waals surface area contributed by atoms with E-state index in [1.54, 1.807) is 18.4 Å². The van der Waals surface area contributed by atoms with E-state index in [1.807, 2.05) is 32.0 Å². The topological polar surface area (TPSA) is 73.1 Å². The van der Waals surface area contributed by atoms with Gasteiger partial charge in [-0.2, -0.15) is 5.10 Å². The Morgan fingerprint density at radius 3 is 2.75 bits per heavy atom. The number of methoxy groups -OCH3 is 1.